The number of β-amino-alcohol motifs (C(OH)–C–C–N with tert-alkyl or cyclic N) is 1. The molecule has 1 aromatic carbocycles. The van der Waals surface area contributed by atoms with Gasteiger partial charge >= 0.3 is 0 Å². The summed E-state index contributed by atoms with van der Waals surface area (Å²) in [5, 5.41) is 10.3. The van der Waals surface area contributed by atoms with Crippen molar-refractivity contribution in [3.8, 4) is 0 Å². The largest absolute Gasteiger partial charge is 0.391 e. The third-order valence-corrected chi connectivity index (χ3v) is 3.29. The second kappa shape index (κ2) is 4.62. The normalized spacial score (nSPS) is 20.6. The van der Waals surface area contributed by atoms with E-state index in [4.69, 9.17) is 23.2 Å². The van der Waals surface area contributed by atoms with Crippen molar-refractivity contribution in [3.63, 3.8) is 0 Å². The van der Waals surface area contributed by atoms with Gasteiger partial charge in [0.15, 0.2) is 0 Å². The molecular weight excluding hydrogens is 249 g/mol. The molecule has 1 aliphatic rings. The molecule has 0 aromatic heterocycles. The van der Waals surface area contributed by atoms with E-state index in [0.29, 0.717) is 23.1 Å². The second-order valence-corrected chi connectivity index (χ2v) is 4.70. The van der Waals surface area contributed by atoms with Crippen LogP contribution in [0.2, 0.25) is 10.0 Å². The fraction of sp³-hybridized carbons (Fsp3) is 0.364. The molecule has 1 heterocycles. The van der Waals surface area contributed by atoms with Crippen molar-refractivity contribution in [2.45, 2.75) is 19.1 Å². The minimum absolute atomic E-state index is 0.0291. The summed E-state index contributed by atoms with van der Waals surface area (Å²) < 4.78 is 0. The van der Waals surface area contributed by atoms with Crippen molar-refractivity contribution in [1.82, 2.24) is 4.90 Å². The number of aliphatic hydroxyl groups is 1. The number of amides is 1. The van der Waals surface area contributed by atoms with Gasteiger partial charge in [0.25, 0.3) is 0 Å². The topological polar surface area (TPSA) is 40.5 Å². The van der Waals surface area contributed by atoms with Gasteiger partial charge in [-0.05, 0) is 17.7 Å². The van der Waals surface area contributed by atoms with Gasteiger partial charge in [0.2, 0.25) is 5.91 Å². The van der Waals surface area contributed by atoms with Crippen molar-refractivity contribution >= 4 is 29.1 Å². The SMILES string of the molecule is O=C1CC(O)CN1Cc1ccc(Cl)c(Cl)c1. The fourth-order valence-corrected chi connectivity index (χ4v) is 2.08. The van der Waals surface area contributed by atoms with E-state index in [-0.39, 0.29) is 12.3 Å². The van der Waals surface area contributed by atoms with Crippen molar-refractivity contribution in [2.24, 2.45) is 0 Å². The zero-order valence-corrected chi connectivity index (χ0v) is 10.0. The van der Waals surface area contributed by atoms with E-state index in [1.807, 2.05) is 6.07 Å². The molecule has 0 spiro atoms. The minimum atomic E-state index is -0.546. The number of nitrogens with zero attached hydrogens (tertiary/aromatic N) is 1. The van der Waals surface area contributed by atoms with Crippen LogP contribution in [-0.4, -0.2) is 28.6 Å². The molecule has 16 heavy (non-hydrogen) atoms. The van der Waals surface area contributed by atoms with E-state index in [0.717, 1.165) is 5.56 Å². The Morgan fingerprint density at radius 2 is 2.12 bits per heavy atom. The summed E-state index contributed by atoms with van der Waals surface area (Å²) >= 11 is 11.7. The quantitative estimate of drug-likeness (QED) is 0.884. The molecule has 1 unspecified atom stereocenters. The van der Waals surface area contributed by atoms with E-state index < -0.39 is 6.10 Å². The highest BCUT2D eigenvalue weighted by Crippen LogP contribution is 2.24. The highest BCUT2D eigenvalue weighted by atomic mass is 35.5. The first-order chi connectivity index (χ1) is 7.56. The highest BCUT2D eigenvalue weighted by Gasteiger charge is 2.27. The Bertz CT molecular complexity index is 422. The van der Waals surface area contributed by atoms with Crippen LogP contribution < -0.4 is 0 Å². The van der Waals surface area contributed by atoms with Crippen LogP contribution in [0.25, 0.3) is 0 Å². The zero-order chi connectivity index (χ0) is 11.7. The van der Waals surface area contributed by atoms with Gasteiger partial charge in [-0.15, -0.1) is 0 Å². The number of hydrogen-bond donors (Lipinski definition) is 1. The molecule has 0 saturated carbocycles. The Morgan fingerprint density at radius 1 is 1.38 bits per heavy atom. The molecule has 0 radical (unpaired) electrons. The number of likely N-dealkylation sites (tertiary alicyclic amines) is 1. The van der Waals surface area contributed by atoms with Crippen LogP contribution in [0.3, 0.4) is 0 Å². The van der Waals surface area contributed by atoms with Gasteiger partial charge in [-0.25, -0.2) is 0 Å². The predicted octanol–water partition coefficient (Wildman–Crippen LogP) is 2.09. The zero-order valence-electron chi connectivity index (χ0n) is 8.49. The van der Waals surface area contributed by atoms with E-state index in [9.17, 15) is 9.90 Å². The number of halogens is 2. The maximum atomic E-state index is 11.4. The lowest BCUT2D eigenvalue weighted by atomic mass is 10.2. The van der Waals surface area contributed by atoms with Gasteiger partial charge in [-0.2, -0.15) is 0 Å². The molecule has 1 atom stereocenters. The Morgan fingerprint density at radius 3 is 2.69 bits per heavy atom. The molecule has 3 nitrogen and oxygen atoms in total. The first-order valence-electron chi connectivity index (χ1n) is 4.96. The van der Waals surface area contributed by atoms with Gasteiger partial charge in [-0.3, -0.25) is 4.79 Å². The van der Waals surface area contributed by atoms with Gasteiger partial charge < -0.3 is 10.0 Å². The maximum Gasteiger partial charge on any atom is 0.225 e. The van der Waals surface area contributed by atoms with E-state index in [1.165, 1.54) is 0 Å². The molecular formula is C11H11Cl2NO2. The molecule has 1 N–H and O–H groups in total. The summed E-state index contributed by atoms with van der Waals surface area (Å²) in [5.41, 5.74) is 0.914. The average Bonchev–Trinajstić information content (AvgIpc) is 2.51. The predicted molar refractivity (Wildman–Crippen MR) is 62.5 cm³/mol. The molecule has 1 fully saturated rings. The molecule has 1 amide bonds. The molecule has 86 valence electrons. The van der Waals surface area contributed by atoms with Crippen molar-refractivity contribution in [1.29, 1.82) is 0 Å². The van der Waals surface area contributed by atoms with E-state index in [1.54, 1.807) is 17.0 Å². The molecule has 0 bridgehead atoms. The summed E-state index contributed by atoms with van der Waals surface area (Å²) in [6.45, 7) is 0.853. The Balaban J connectivity index is 2.09. The summed E-state index contributed by atoms with van der Waals surface area (Å²) in [6, 6.07) is 5.27. The highest BCUT2D eigenvalue weighted by molar-refractivity contribution is 6.42. The van der Waals surface area contributed by atoms with Crippen LogP contribution in [0, 0.1) is 0 Å². The van der Waals surface area contributed by atoms with Gasteiger partial charge in [0, 0.05) is 13.1 Å². The number of benzene rings is 1. The number of aliphatic hydroxyl groups excluding tert-OH is 1. The smallest absolute Gasteiger partial charge is 0.225 e. The Kier molecular flexibility index (Phi) is 3.38. The van der Waals surface area contributed by atoms with Crippen molar-refractivity contribution in [3.05, 3.63) is 33.8 Å². The van der Waals surface area contributed by atoms with E-state index in [2.05, 4.69) is 0 Å². The first kappa shape index (κ1) is 11.7. The maximum absolute atomic E-state index is 11.4. The van der Waals surface area contributed by atoms with Crippen LogP contribution in [0.5, 0.6) is 0 Å². The molecule has 2 rings (SSSR count). The van der Waals surface area contributed by atoms with Crippen LogP contribution in [-0.2, 0) is 11.3 Å². The lowest BCUT2D eigenvalue weighted by Gasteiger charge is -2.15. The lowest BCUT2D eigenvalue weighted by Crippen LogP contribution is -2.25. The fourth-order valence-electron chi connectivity index (χ4n) is 1.76. The third-order valence-electron chi connectivity index (χ3n) is 2.55. The number of rotatable bonds is 2. The van der Waals surface area contributed by atoms with Crippen LogP contribution >= 0.6 is 23.2 Å². The summed E-state index contributed by atoms with van der Waals surface area (Å²) in [6.07, 6.45) is -0.336. The third kappa shape index (κ3) is 2.48. The number of carbonyl (C=O) groups excluding carboxylic acids is 1. The number of hydrogen-bond acceptors (Lipinski definition) is 2. The Labute approximate surface area is 104 Å². The van der Waals surface area contributed by atoms with Crippen LogP contribution in [0.4, 0.5) is 0 Å². The van der Waals surface area contributed by atoms with E-state index >= 15 is 0 Å². The van der Waals surface area contributed by atoms with Crippen LogP contribution in [0.1, 0.15) is 12.0 Å². The molecule has 1 aromatic rings. The van der Waals surface area contributed by atoms with Crippen LogP contribution in [0.15, 0.2) is 18.2 Å². The molecule has 5 heteroatoms. The van der Waals surface area contributed by atoms with Crippen molar-refractivity contribution in [2.75, 3.05) is 6.54 Å². The summed E-state index contributed by atoms with van der Waals surface area (Å²) in [7, 11) is 0. The lowest BCUT2D eigenvalue weighted by molar-refractivity contribution is -0.128. The van der Waals surface area contributed by atoms with Gasteiger partial charge in [-0.1, -0.05) is 29.3 Å². The summed E-state index contributed by atoms with van der Waals surface area (Å²) in [5.74, 6) is -0.0291. The standard InChI is InChI=1S/C11H11Cl2NO2/c12-9-2-1-7(3-10(9)13)5-14-6-8(15)4-11(14)16/h1-3,8,15H,4-6H2. The van der Waals surface area contributed by atoms with Gasteiger partial charge in [0.1, 0.15) is 0 Å². The number of carbonyl (C=O) groups is 1. The summed E-state index contributed by atoms with van der Waals surface area (Å²) in [4.78, 5) is 13.1. The monoisotopic (exact) mass is 259 g/mol. The van der Waals surface area contributed by atoms with Crippen molar-refractivity contribution < 1.29 is 9.90 Å². The molecule has 1 aliphatic heterocycles. The molecule has 0 aliphatic carbocycles. The Hall–Kier alpha value is -0.770. The molecule has 1 saturated heterocycles. The first-order valence-corrected chi connectivity index (χ1v) is 5.71. The average molecular weight is 260 g/mol. The second-order valence-electron chi connectivity index (χ2n) is 3.88. The van der Waals surface area contributed by atoms with Gasteiger partial charge in [0.05, 0.1) is 22.6 Å². The minimum Gasteiger partial charge on any atom is -0.391 e.